The van der Waals surface area contributed by atoms with Crippen LogP contribution in [0.4, 0.5) is 0 Å². The van der Waals surface area contributed by atoms with E-state index in [4.69, 9.17) is 16.1 Å². The van der Waals surface area contributed by atoms with Gasteiger partial charge in [0, 0.05) is 43.6 Å². The third-order valence-electron chi connectivity index (χ3n) is 3.99. The maximum Gasteiger partial charge on any atom is 0.246 e. The number of guanidine groups is 1. The summed E-state index contributed by atoms with van der Waals surface area (Å²) >= 11 is 5.90. The number of aromatic nitrogens is 3. The average molecular weight is 501 g/mol. The molecule has 3 aromatic rings. The second-order valence-corrected chi connectivity index (χ2v) is 6.32. The van der Waals surface area contributed by atoms with Crippen molar-refractivity contribution in [3.8, 4) is 11.4 Å². The van der Waals surface area contributed by atoms with Crippen molar-refractivity contribution in [3.63, 3.8) is 0 Å². The molecule has 0 aliphatic heterocycles. The van der Waals surface area contributed by atoms with E-state index in [1.807, 2.05) is 43.4 Å². The van der Waals surface area contributed by atoms with E-state index in [0.717, 1.165) is 18.1 Å². The number of aryl methyl sites for hydroxylation is 1. The smallest absolute Gasteiger partial charge is 0.246 e. The lowest BCUT2D eigenvalue weighted by Crippen LogP contribution is -2.38. The van der Waals surface area contributed by atoms with Gasteiger partial charge in [0.1, 0.15) is 0 Å². The van der Waals surface area contributed by atoms with Gasteiger partial charge in [0.2, 0.25) is 11.7 Å². The van der Waals surface area contributed by atoms with Gasteiger partial charge >= 0.3 is 0 Å². The predicted octanol–water partition coefficient (Wildman–Crippen LogP) is 3.55. The zero-order chi connectivity index (χ0) is 18.5. The van der Waals surface area contributed by atoms with Gasteiger partial charge in [0.15, 0.2) is 5.96 Å². The Morgan fingerprint density at radius 3 is 2.67 bits per heavy atom. The van der Waals surface area contributed by atoms with Gasteiger partial charge in [-0.25, -0.2) is 0 Å². The molecule has 0 amide bonds. The maximum atomic E-state index is 5.90. The van der Waals surface area contributed by atoms with Crippen LogP contribution in [0.25, 0.3) is 11.4 Å². The van der Waals surface area contributed by atoms with Crippen LogP contribution in [0.1, 0.15) is 11.6 Å². The molecule has 0 radical (unpaired) electrons. The van der Waals surface area contributed by atoms with Crippen molar-refractivity contribution in [2.24, 2.45) is 12.0 Å². The lowest BCUT2D eigenvalue weighted by molar-refractivity contribution is 0.371. The van der Waals surface area contributed by atoms with Crippen molar-refractivity contribution >= 4 is 41.5 Å². The standard InChI is InChI=1S/C18H21ClN6O.HI/c1-20-18(25(3)12-15-5-4-10-24(15)2)21-11-16-22-17(23-26-16)13-6-8-14(19)9-7-13;/h4-10H,11-12H2,1-3H3,(H,20,21);1H. The highest BCUT2D eigenvalue weighted by atomic mass is 127. The fraction of sp³-hybridized carbons (Fsp3) is 0.278. The monoisotopic (exact) mass is 500 g/mol. The molecule has 1 aromatic carbocycles. The Morgan fingerprint density at radius 2 is 2.04 bits per heavy atom. The number of nitrogens with zero attached hydrogens (tertiary/aromatic N) is 5. The minimum Gasteiger partial charge on any atom is -0.353 e. The zero-order valence-electron chi connectivity index (χ0n) is 15.4. The van der Waals surface area contributed by atoms with E-state index in [0.29, 0.717) is 23.3 Å². The molecule has 0 saturated heterocycles. The third-order valence-corrected chi connectivity index (χ3v) is 4.24. The van der Waals surface area contributed by atoms with Gasteiger partial charge < -0.3 is 19.3 Å². The average Bonchev–Trinajstić information content (AvgIpc) is 3.26. The number of aliphatic imine (C=N–C) groups is 1. The van der Waals surface area contributed by atoms with E-state index in [2.05, 4.69) is 31.1 Å². The summed E-state index contributed by atoms with van der Waals surface area (Å²) in [4.78, 5) is 10.7. The summed E-state index contributed by atoms with van der Waals surface area (Å²) in [6.45, 7) is 1.13. The van der Waals surface area contributed by atoms with Crippen molar-refractivity contribution in [1.29, 1.82) is 0 Å². The molecule has 1 N–H and O–H groups in total. The molecule has 0 spiro atoms. The Balaban J connectivity index is 0.00000261. The van der Waals surface area contributed by atoms with Crippen LogP contribution in [0, 0.1) is 0 Å². The van der Waals surface area contributed by atoms with E-state index < -0.39 is 0 Å². The zero-order valence-corrected chi connectivity index (χ0v) is 18.5. The summed E-state index contributed by atoms with van der Waals surface area (Å²) in [5.41, 5.74) is 2.05. The fourth-order valence-corrected chi connectivity index (χ4v) is 2.69. The van der Waals surface area contributed by atoms with Crippen LogP contribution >= 0.6 is 35.6 Å². The molecule has 0 saturated carbocycles. The Labute approximate surface area is 180 Å². The normalized spacial score (nSPS) is 11.2. The Hall–Kier alpha value is -2.07. The van der Waals surface area contributed by atoms with Crippen LogP contribution in [0.15, 0.2) is 52.1 Å². The summed E-state index contributed by atoms with van der Waals surface area (Å²) in [5, 5.41) is 7.92. The maximum absolute atomic E-state index is 5.90. The van der Waals surface area contributed by atoms with Crippen LogP contribution in [0.2, 0.25) is 5.02 Å². The largest absolute Gasteiger partial charge is 0.353 e. The molecule has 0 atom stereocenters. The number of rotatable bonds is 5. The SMILES string of the molecule is CN=C(NCc1nc(-c2ccc(Cl)cc2)no1)N(C)Cc1cccn1C.I. The van der Waals surface area contributed by atoms with E-state index in [-0.39, 0.29) is 24.0 Å². The van der Waals surface area contributed by atoms with Crippen LogP contribution < -0.4 is 5.32 Å². The van der Waals surface area contributed by atoms with Gasteiger partial charge in [0.05, 0.1) is 13.1 Å². The van der Waals surface area contributed by atoms with Gasteiger partial charge in [-0.1, -0.05) is 16.8 Å². The molecule has 27 heavy (non-hydrogen) atoms. The highest BCUT2D eigenvalue weighted by Crippen LogP contribution is 2.18. The number of halogens is 2. The summed E-state index contributed by atoms with van der Waals surface area (Å²) in [7, 11) is 5.75. The van der Waals surface area contributed by atoms with E-state index in [1.54, 1.807) is 19.2 Å². The fourth-order valence-electron chi connectivity index (χ4n) is 2.56. The van der Waals surface area contributed by atoms with Crippen molar-refractivity contribution in [3.05, 3.63) is 59.2 Å². The lowest BCUT2D eigenvalue weighted by atomic mass is 10.2. The van der Waals surface area contributed by atoms with Crippen molar-refractivity contribution in [1.82, 2.24) is 24.9 Å². The number of nitrogens with one attached hydrogen (secondary N) is 1. The first-order chi connectivity index (χ1) is 12.6. The van der Waals surface area contributed by atoms with Crippen LogP contribution in [-0.2, 0) is 20.1 Å². The van der Waals surface area contributed by atoms with E-state index >= 15 is 0 Å². The molecule has 0 fully saturated rings. The highest BCUT2D eigenvalue weighted by Gasteiger charge is 2.12. The molecule has 0 unspecified atom stereocenters. The van der Waals surface area contributed by atoms with E-state index in [1.165, 1.54) is 5.69 Å². The summed E-state index contributed by atoms with van der Waals surface area (Å²) < 4.78 is 7.40. The number of benzene rings is 1. The predicted molar refractivity (Wildman–Crippen MR) is 117 cm³/mol. The van der Waals surface area contributed by atoms with Crippen LogP contribution in [0.3, 0.4) is 0 Å². The molecular formula is C18H22ClIN6O. The van der Waals surface area contributed by atoms with Crippen molar-refractivity contribution < 1.29 is 4.52 Å². The first-order valence-corrected chi connectivity index (χ1v) is 8.55. The summed E-state index contributed by atoms with van der Waals surface area (Å²) in [6, 6.07) is 11.4. The van der Waals surface area contributed by atoms with Crippen molar-refractivity contribution in [2.45, 2.75) is 13.1 Å². The minimum atomic E-state index is 0. The second-order valence-electron chi connectivity index (χ2n) is 5.89. The van der Waals surface area contributed by atoms with Gasteiger partial charge in [-0.05, 0) is 36.4 Å². The molecule has 2 aromatic heterocycles. The molecule has 144 valence electrons. The lowest BCUT2D eigenvalue weighted by Gasteiger charge is -2.21. The molecule has 9 heteroatoms. The topological polar surface area (TPSA) is 71.5 Å². The molecule has 2 heterocycles. The highest BCUT2D eigenvalue weighted by molar-refractivity contribution is 14.0. The molecule has 3 rings (SSSR count). The van der Waals surface area contributed by atoms with Gasteiger partial charge in [-0.3, -0.25) is 4.99 Å². The van der Waals surface area contributed by atoms with Crippen LogP contribution in [-0.4, -0.2) is 39.7 Å². The second kappa shape index (κ2) is 9.75. The molecule has 0 aliphatic rings. The molecular weight excluding hydrogens is 479 g/mol. The Kier molecular flexibility index (Phi) is 7.66. The first kappa shape index (κ1) is 21.2. The number of hydrogen-bond donors (Lipinski definition) is 1. The number of hydrogen-bond acceptors (Lipinski definition) is 4. The quantitative estimate of drug-likeness (QED) is 0.330. The first-order valence-electron chi connectivity index (χ1n) is 8.17. The summed E-state index contributed by atoms with van der Waals surface area (Å²) in [6.07, 6.45) is 2.02. The Bertz CT molecular complexity index is 889. The minimum absolute atomic E-state index is 0. The summed E-state index contributed by atoms with van der Waals surface area (Å²) in [5.74, 6) is 1.77. The third kappa shape index (κ3) is 5.46. The molecule has 7 nitrogen and oxygen atoms in total. The van der Waals surface area contributed by atoms with Crippen molar-refractivity contribution in [2.75, 3.05) is 14.1 Å². The van der Waals surface area contributed by atoms with E-state index in [9.17, 15) is 0 Å². The van der Waals surface area contributed by atoms with Gasteiger partial charge in [0.25, 0.3) is 0 Å². The van der Waals surface area contributed by atoms with Crippen LogP contribution in [0.5, 0.6) is 0 Å². The van der Waals surface area contributed by atoms with Gasteiger partial charge in [-0.2, -0.15) is 4.98 Å². The molecule has 0 bridgehead atoms. The molecule has 0 aliphatic carbocycles. The van der Waals surface area contributed by atoms with Gasteiger partial charge in [-0.15, -0.1) is 24.0 Å². The Morgan fingerprint density at radius 1 is 1.30 bits per heavy atom.